The summed E-state index contributed by atoms with van der Waals surface area (Å²) in [5.74, 6) is 0.203. The van der Waals surface area contributed by atoms with Crippen LogP contribution in [0.1, 0.15) is 31.9 Å². The summed E-state index contributed by atoms with van der Waals surface area (Å²) in [6, 6.07) is 1.96. The molecular formula is C11H12Br2N2O. The lowest BCUT2D eigenvalue weighted by atomic mass is 9.86. The Morgan fingerprint density at radius 3 is 2.69 bits per heavy atom. The molecule has 2 heterocycles. The first-order chi connectivity index (χ1) is 7.40. The molecule has 0 bridgehead atoms. The van der Waals surface area contributed by atoms with Crippen molar-refractivity contribution in [2.45, 2.75) is 31.7 Å². The molecule has 1 N–H and O–H groups in total. The highest BCUT2D eigenvalue weighted by atomic mass is 79.9. The van der Waals surface area contributed by atoms with Crippen LogP contribution in [0.5, 0.6) is 0 Å². The van der Waals surface area contributed by atoms with Gasteiger partial charge in [-0.1, -0.05) is 0 Å². The van der Waals surface area contributed by atoms with Crippen molar-refractivity contribution in [2.75, 3.05) is 0 Å². The van der Waals surface area contributed by atoms with Crippen LogP contribution in [-0.4, -0.2) is 16.4 Å². The van der Waals surface area contributed by atoms with E-state index < -0.39 is 0 Å². The van der Waals surface area contributed by atoms with Crippen molar-refractivity contribution < 1.29 is 4.79 Å². The second-order valence-electron chi connectivity index (χ2n) is 4.55. The highest BCUT2D eigenvalue weighted by Gasteiger charge is 2.41. The number of nitrogens with one attached hydrogen (secondary N) is 1. The van der Waals surface area contributed by atoms with Gasteiger partial charge < -0.3 is 5.32 Å². The maximum atomic E-state index is 11.5. The minimum Gasteiger partial charge on any atom is -0.351 e. The zero-order valence-corrected chi connectivity index (χ0v) is 12.2. The van der Waals surface area contributed by atoms with E-state index in [1.807, 2.05) is 19.9 Å². The molecule has 1 atom stereocenters. The molecular weight excluding hydrogens is 336 g/mol. The van der Waals surface area contributed by atoms with Gasteiger partial charge in [0.15, 0.2) is 0 Å². The van der Waals surface area contributed by atoms with E-state index in [1.165, 1.54) is 0 Å². The van der Waals surface area contributed by atoms with Crippen molar-refractivity contribution in [1.29, 1.82) is 0 Å². The number of hydrogen-bond donors (Lipinski definition) is 1. The summed E-state index contributed by atoms with van der Waals surface area (Å²) in [5.41, 5.74) is 0.701. The summed E-state index contributed by atoms with van der Waals surface area (Å²) >= 11 is 6.87. The summed E-state index contributed by atoms with van der Waals surface area (Å²) in [6.45, 7) is 4.05. The third kappa shape index (κ3) is 2.15. The van der Waals surface area contributed by atoms with E-state index in [9.17, 15) is 4.79 Å². The molecule has 0 aromatic carbocycles. The fraction of sp³-hybridized carbons (Fsp3) is 0.455. The first-order valence-corrected chi connectivity index (χ1v) is 6.61. The largest absolute Gasteiger partial charge is 0.351 e. The summed E-state index contributed by atoms with van der Waals surface area (Å²) in [7, 11) is 0. The molecule has 0 spiro atoms. The van der Waals surface area contributed by atoms with E-state index in [2.05, 4.69) is 42.2 Å². The van der Waals surface area contributed by atoms with Crippen molar-refractivity contribution in [1.82, 2.24) is 10.3 Å². The Balaban J connectivity index is 2.41. The monoisotopic (exact) mass is 346 g/mol. The summed E-state index contributed by atoms with van der Waals surface area (Å²) in [4.78, 5) is 15.9. The fourth-order valence-electron chi connectivity index (χ4n) is 2.06. The molecule has 0 radical (unpaired) electrons. The number of carbonyl (C=O) groups excluding carboxylic acids is 1. The molecule has 2 rings (SSSR count). The molecule has 1 saturated heterocycles. The molecule has 1 aromatic rings. The van der Waals surface area contributed by atoms with E-state index in [4.69, 9.17) is 0 Å². The van der Waals surface area contributed by atoms with Gasteiger partial charge >= 0.3 is 0 Å². The molecule has 16 heavy (non-hydrogen) atoms. The van der Waals surface area contributed by atoms with E-state index in [-0.39, 0.29) is 17.4 Å². The lowest BCUT2D eigenvalue weighted by molar-refractivity contribution is -0.119. The predicted molar refractivity (Wildman–Crippen MR) is 69.2 cm³/mol. The topological polar surface area (TPSA) is 42.0 Å². The molecule has 1 aromatic heterocycles. The van der Waals surface area contributed by atoms with Gasteiger partial charge in [-0.25, -0.2) is 0 Å². The number of aromatic nitrogens is 1. The first kappa shape index (κ1) is 12.0. The van der Waals surface area contributed by atoms with Gasteiger partial charge in [0.05, 0.1) is 5.69 Å². The standard InChI is InChI=1S/C11H12Br2N2O/c1-11(2)7(4-9(16)15-11)10-8(13)3-6(12)5-14-10/h3,5,7H,4H2,1-2H3,(H,15,16). The predicted octanol–water partition coefficient (Wildman–Crippen LogP) is 2.99. The van der Waals surface area contributed by atoms with Crippen LogP contribution >= 0.6 is 31.9 Å². The second kappa shape index (κ2) is 4.11. The SMILES string of the molecule is CC1(C)NC(=O)CC1c1ncc(Br)cc1Br. The molecule has 0 saturated carbocycles. The maximum Gasteiger partial charge on any atom is 0.221 e. The van der Waals surface area contributed by atoms with Crippen molar-refractivity contribution in [3.8, 4) is 0 Å². The molecule has 1 aliphatic rings. The Bertz CT molecular complexity index is 446. The molecule has 1 amide bonds. The van der Waals surface area contributed by atoms with Crippen LogP contribution in [0.4, 0.5) is 0 Å². The number of halogens is 2. The quantitative estimate of drug-likeness (QED) is 0.848. The Labute approximate surface area is 111 Å². The average Bonchev–Trinajstić information content (AvgIpc) is 2.39. The van der Waals surface area contributed by atoms with Gasteiger partial charge in [0.25, 0.3) is 0 Å². The van der Waals surface area contributed by atoms with Crippen LogP contribution in [0, 0.1) is 0 Å². The van der Waals surface area contributed by atoms with Crippen LogP contribution in [0.2, 0.25) is 0 Å². The maximum absolute atomic E-state index is 11.5. The normalized spacial score (nSPS) is 23.2. The average molecular weight is 348 g/mol. The molecule has 3 nitrogen and oxygen atoms in total. The number of amides is 1. The van der Waals surface area contributed by atoms with E-state index in [1.54, 1.807) is 6.20 Å². The number of nitrogens with zero attached hydrogens (tertiary/aromatic N) is 1. The van der Waals surface area contributed by atoms with Gasteiger partial charge in [-0.3, -0.25) is 9.78 Å². The van der Waals surface area contributed by atoms with Crippen LogP contribution < -0.4 is 5.32 Å². The van der Waals surface area contributed by atoms with Crippen LogP contribution in [0.15, 0.2) is 21.2 Å². The minimum absolute atomic E-state index is 0.0895. The number of hydrogen-bond acceptors (Lipinski definition) is 2. The van der Waals surface area contributed by atoms with E-state index >= 15 is 0 Å². The number of carbonyl (C=O) groups is 1. The highest BCUT2D eigenvalue weighted by molar-refractivity contribution is 9.11. The van der Waals surface area contributed by atoms with Gasteiger partial charge in [0, 0.05) is 33.0 Å². The Kier molecular flexibility index (Phi) is 3.09. The minimum atomic E-state index is -0.236. The zero-order valence-electron chi connectivity index (χ0n) is 9.05. The Morgan fingerprint density at radius 1 is 1.50 bits per heavy atom. The second-order valence-corrected chi connectivity index (χ2v) is 6.32. The number of rotatable bonds is 1. The molecule has 1 unspecified atom stereocenters. The van der Waals surface area contributed by atoms with Crippen LogP contribution in [0.3, 0.4) is 0 Å². The number of pyridine rings is 1. The van der Waals surface area contributed by atoms with Crippen molar-refractivity contribution in [2.24, 2.45) is 0 Å². The molecule has 1 fully saturated rings. The molecule has 0 aliphatic carbocycles. The van der Waals surface area contributed by atoms with E-state index in [0.29, 0.717) is 6.42 Å². The Hall–Kier alpha value is -0.420. The Morgan fingerprint density at radius 2 is 2.19 bits per heavy atom. The third-order valence-electron chi connectivity index (χ3n) is 2.89. The molecule has 1 aliphatic heterocycles. The van der Waals surface area contributed by atoms with Crippen LogP contribution in [-0.2, 0) is 4.79 Å². The van der Waals surface area contributed by atoms with Crippen molar-refractivity contribution in [3.63, 3.8) is 0 Å². The first-order valence-electron chi connectivity index (χ1n) is 5.02. The van der Waals surface area contributed by atoms with Gasteiger partial charge in [0.1, 0.15) is 0 Å². The fourth-order valence-corrected chi connectivity index (χ4v) is 3.32. The summed E-state index contributed by atoms with van der Waals surface area (Å²) in [5, 5.41) is 2.97. The highest BCUT2D eigenvalue weighted by Crippen LogP contribution is 2.38. The van der Waals surface area contributed by atoms with Gasteiger partial charge in [-0.05, 0) is 51.8 Å². The lowest BCUT2D eigenvalue weighted by Gasteiger charge is -2.26. The molecule has 86 valence electrons. The van der Waals surface area contributed by atoms with Crippen LogP contribution in [0.25, 0.3) is 0 Å². The summed E-state index contributed by atoms with van der Waals surface area (Å²) in [6.07, 6.45) is 2.26. The van der Waals surface area contributed by atoms with E-state index in [0.717, 1.165) is 14.6 Å². The van der Waals surface area contributed by atoms with Gasteiger partial charge in [0.2, 0.25) is 5.91 Å². The smallest absolute Gasteiger partial charge is 0.221 e. The summed E-state index contributed by atoms with van der Waals surface area (Å²) < 4.78 is 1.87. The van der Waals surface area contributed by atoms with Crippen molar-refractivity contribution >= 4 is 37.8 Å². The van der Waals surface area contributed by atoms with Gasteiger partial charge in [-0.15, -0.1) is 0 Å². The molecule has 5 heteroatoms. The lowest BCUT2D eigenvalue weighted by Crippen LogP contribution is -2.38. The van der Waals surface area contributed by atoms with Crippen molar-refractivity contribution in [3.05, 3.63) is 26.9 Å². The third-order valence-corrected chi connectivity index (χ3v) is 3.96. The van der Waals surface area contributed by atoms with Gasteiger partial charge in [-0.2, -0.15) is 0 Å². The zero-order chi connectivity index (χ0) is 11.9.